The van der Waals surface area contributed by atoms with Crippen LogP contribution in [0.2, 0.25) is 0 Å². The van der Waals surface area contributed by atoms with Gasteiger partial charge in [0.05, 0.1) is 10.1 Å². The molecule has 1 aromatic rings. The number of carbonyl (C=O) groups excluding carboxylic acids is 3. The summed E-state index contributed by atoms with van der Waals surface area (Å²) >= 11 is 0. The average Bonchev–Trinajstić information content (AvgIpc) is 2.95. The summed E-state index contributed by atoms with van der Waals surface area (Å²) < 4.78 is 39.6. The maximum absolute atomic E-state index is 13.4. The first-order valence-electron chi connectivity index (χ1n) is 15.1. The predicted octanol–water partition coefficient (Wildman–Crippen LogP) is 1.54. The molecule has 2 aliphatic rings. The summed E-state index contributed by atoms with van der Waals surface area (Å²) in [6.45, 7) is 11.5. The first-order valence-corrected chi connectivity index (χ1v) is 16.7. The molecule has 0 saturated carbocycles. The second-order valence-electron chi connectivity index (χ2n) is 11.9. The summed E-state index contributed by atoms with van der Waals surface area (Å²) in [6.07, 6.45) is 5.37. The third-order valence-corrected chi connectivity index (χ3v) is 8.37. The Morgan fingerprint density at radius 3 is 2.13 bits per heavy atom. The molecule has 0 unspecified atom stereocenters. The van der Waals surface area contributed by atoms with E-state index in [4.69, 9.17) is 9.84 Å². The number of carbonyl (C=O) groups is 4. The first kappa shape index (κ1) is 39.2. The van der Waals surface area contributed by atoms with Crippen molar-refractivity contribution >= 4 is 45.2 Å². The fraction of sp³-hybridized carbons (Fsp3) is 0.500. The minimum absolute atomic E-state index is 0. The maximum Gasteiger partial charge on any atom is 1.00 e. The molecule has 0 bridgehead atoms. The topological polar surface area (TPSA) is 165 Å². The van der Waals surface area contributed by atoms with E-state index in [-0.39, 0.29) is 66.5 Å². The van der Waals surface area contributed by atoms with Gasteiger partial charge in [0.15, 0.2) is 0 Å². The molecule has 3 rings (SSSR count). The zero-order chi connectivity index (χ0) is 33.5. The molecule has 2 heterocycles. The average molecular weight is 668 g/mol. The number of imide groups is 2. The number of carboxylic acid groups (broad SMARTS) is 1. The number of hydrogen-bond acceptors (Lipinski definition) is 9. The molecule has 246 valence electrons. The molecular formula is C32H42N3NaO9S. The van der Waals surface area contributed by atoms with Crippen LogP contribution in [0.25, 0.3) is 5.57 Å². The van der Waals surface area contributed by atoms with E-state index in [1.54, 1.807) is 0 Å². The van der Waals surface area contributed by atoms with Crippen molar-refractivity contribution in [3.05, 3.63) is 53.3 Å². The molecule has 14 heteroatoms. The van der Waals surface area contributed by atoms with E-state index >= 15 is 0 Å². The molecule has 0 aromatic heterocycles. The van der Waals surface area contributed by atoms with Gasteiger partial charge in [-0.1, -0.05) is 27.2 Å². The maximum atomic E-state index is 13.4. The second kappa shape index (κ2) is 16.7. The van der Waals surface area contributed by atoms with Gasteiger partial charge in [0, 0.05) is 55.7 Å². The largest absolute Gasteiger partial charge is 1.00 e. The number of anilines is 1. The quantitative estimate of drug-likeness (QED) is 0.101. The van der Waals surface area contributed by atoms with Crippen LogP contribution in [0.3, 0.4) is 0 Å². The minimum Gasteiger partial charge on any atom is -0.748 e. The predicted molar refractivity (Wildman–Crippen MR) is 168 cm³/mol. The van der Waals surface area contributed by atoms with Crippen molar-refractivity contribution in [1.29, 1.82) is 0 Å². The number of unbranched alkanes of at least 4 members (excludes halogenated alkanes) is 2. The van der Waals surface area contributed by atoms with E-state index in [0.29, 0.717) is 30.8 Å². The molecular weight excluding hydrogens is 625 g/mol. The minimum atomic E-state index is -4.58. The summed E-state index contributed by atoms with van der Waals surface area (Å²) in [5.74, 6) is -2.47. The standard InChI is InChI=1S/C32H43N3O9S.Na/c1-6-33(7-2)22-13-15-24-26(32(3,4)5)21-23(44-27(24)20-22)14-16-25-29(38)34(17-10-8-9-12-28(36)37)31(40)35(30(25)39)18-11-19-45(41,42)43;/h13-16,20-21H,6-12,17-19H2,1-5H3,(H,36,37)(H,41,42,43);/q;+1/p-1. The van der Waals surface area contributed by atoms with Crippen LogP contribution in [0.1, 0.15) is 72.3 Å². The van der Waals surface area contributed by atoms with Crippen LogP contribution in [0.4, 0.5) is 10.5 Å². The molecule has 0 radical (unpaired) electrons. The Hall–Kier alpha value is -2.97. The van der Waals surface area contributed by atoms with Gasteiger partial charge in [0.1, 0.15) is 17.1 Å². The summed E-state index contributed by atoms with van der Waals surface area (Å²) in [5, 5.41) is 8.87. The van der Waals surface area contributed by atoms with Crippen LogP contribution in [0.5, 0.6) is 5.75 Å². The first-order chi connectivity index (χ1) is 21.1. The SMILES string of the molecule is CCN(CC)c1ccc2c(c1)OC(=CC=C1C(=O)N(CCCCCC(=O)O)C(=O)N(CCCS(=O)(=O)[O-])C1=O)C=C2C(C)(C)C.[Na+]. The zero-order valence-electron chi connectivity index (χ0n) is 27.5. The van der Waals surface area contributed by atoms with Gasteiger partial charge >= 0.3 is 41.6 Å². The van der Waals surface area contributed by atoms with E-state index in [1.165, 1.54) is 12.2 Å². The number of benzene rings is 1. The normalized spacial score (nSPS) is 17.1. The summed E-state index contributed by atoms with van der Waals surface area (Å²) in [7, 11) is -4.58. The molecule has 0 aliphatic carbocycles. The number of fused-ring (bicyclic) bond motifs is 1. The smallest absolute Gasteiger partial charge is 0.748 e. The Balaban J connectivity index is 0.00000736. The number of ether oxygens (including phenoxy) is 1. The monoisotopic (exact) mass is 667 g/mol. The van der Waals surface area contributed by atoms with E-state index in [0.717, 1.165) is 39.7 Å². The van der Waals surface area contributed by atoms with Crippen molar-refractivity contribution in [1.82, 2.24) is 9.80 Å². The zero-order valence-corrected chi connectivity index (χ0v) is 30.3. The van der Waals surface area contributed by atoms with E-state index in [9.17, 15) is 32.1 Å². The van der Waals surface area contributed by atoms with Gasteiger partial charge in [0.25, 0.3) is 11.8 Å². The van der Waals surface area contributed by atoms with E-state index < -0.39 is 39.7 Å². The molecule has 4 amide bonds. The third-order valence-electron chi connectivity index (χ3n) is 7.58. The molecule has 46 heavy (non-hydrogen) atoms. The molecule has 0 atom stereocenters. The van der Waals surface area contributed by atoms with Gasteiger partial charge in [-0.3, -0.25) is 24.2 Å². The number of urea groups is 1. The van der Waals surface area contributed by atoms with E-state index in [1.807, 2.05) is 24.3 Å². The number of allylic oxidation sites excluding steroid dienone is 4. The molecule has 1 saturated heterocycles. The van der Waals surface area contributed by atoms with Gasteiger partial charge < -0.3 is 19.3 Å². The number of hydrogen-bond donors (Lipinski definition) is 1. The summed E-state index contributed by atoms with van der Waals surface area (Å²) in [5.41, 5.74) is 2.29. The van der Waals surface area contributed by atoms with Crippen molar-refractivity contribution in [3.63, 3.8) is 0 Å². The summed E-state index contributed by atoms with van der Waals surface area (Å²) in [6, 6.07) is 5.10. The number of barbiturate groups is 1. The second-order valence-corrected chi connectivity index (χ2v) is 13.5. The summed E-state index contributed by atoms with van der Waals surface area (Å²) in [4.78, 5) is 54.6. The van der Waals surface area contributed by atoms with Crippen molar-refractivity contribution in [2.24, 2.45) is 5.41 Å². The third kappa shape index (κ3) is 10.3. The van der Waals surface area contributed by atoms with Crippen molar-refractivity contribution in [2.45, 2.75) is 66.7 Å². The van der Waals surface area contributed by atoms with Crippen molar-refractivity contribution < 1.29 is 71.5 Å². The van der Waals surface area contributed by atoms with Gasteiger partial charge in [-0.05, 0) is 74.5 Å². The Kier molecular flexibility index (Phi) is 14.3. The van der Waals surface area contributed by atoms with Crippen LogP contribution in [-0.2, 0) is 24.5 Å². The van der Waals surface area contributed by atoms with E-state index in [2.05, 4.69) is 39.5 Å². The number of aliphatic carboxylic acids is 1. The fourth-order valence-corrected chi connectivity index (χ4v) is 5.69. The van der Waals surface area contributed by atoms with Crippen molar-refractivity contribution in [3.8, 4) is 5.75 Å². The van der Waals surface area contributed by atoms with Gasteiger partial charge in [-0.15, -0.1) is 0 Å². The molecule has 1 fully saturated rings. The Morgan fingerprint density at radius 2 is 1.59 bits per heavy atom. The fourth-order valence-electron chi connectivity index (χ4n) is 5.21. The van der Waals surface area contributed by atoms with Crippen LogP contribution >= 0.6 is 0 Å². The number of carboxylic acids is 1. The van der Waals surface area contributed by atoms with Crippen LogP contribution in [0.15, 0.2) is 47.8 Å². The van der Waals surface area contributed by atoms with Crippen LogP contribution < -0.4 is 39.2 Å². The number of nitrogens with zero attached hydrogens (tertiary/aromatic N) is 3. The molecule has 1 N–H and O–H groups in total. The van der Waals surface area contributed by atoms with Crippen molar-refractivity contribution in [2.75, 3.05) is 36.8 Å². The van der Waals surface area contributed by atoms with Crippen LogP contribution in [0, 0.1) is 5.41 Å². The molecule has 12 nitrogen and oxygen atoms in total. The van der Waals surface area contributed by atoms with Gasteiger partial charge in [-0.2, -0.15) is 0 Å². The van der Waals surface area contributed by atoms with Crippen LogP contribution in [-0.4, -0.2) is 83.6 Å². The Bertz CT molecular complexity index is 1520. The van der Waals surface area contributed by atoms with Gasteiger partial charge in [0.2, 0.25) is 0 Å². The Labute approximate surface area is 293 Å². The molecule has 1 aromatic carbocycles. The number of amides is 4. The molecule has 2 aliphatic heterocycles. The van der Waals surface area contributed by atoms with Gasteiger partial charge in [-0.25, -0.2) is 13.2 Å². The molecule has 0 spiro atoms. The Morgan fingerprint density at radius 1 is 0.978 bits per heavy atom. The number of rotatable bonds is 14.